The van der Waals surface area contributed by atoms with E-state index in [1.807, 2.05) is 0 Å². The molecule has 0 aromatic heterocycles. The molecule has 0 atom stereocenters. The SMILES string of the molecule is CC(C)C1(C)CC(Cl)C1. The highest BCUT2D eigenvalue weighted by Gasteiger charge is 2.41. The van der Waals surface area contributed by atoms with Gasteiger partial charge >= 0.3 is 0 Å². The summed E-state index contributed by atoms with van der Waals surface area (Å²) in [6.45, 7) is 6.89. The van der Waals surface area contributed by atoms with Crippen molar-refractivity contribution in [3.8, 4) is 0 Å². The van der Waals surface area contributed by atoms with Crippen molar-refractivity contribution >= 4 is 11.6 Å². The molecule has 0 aromatic rings. The van der Waals surface area contributed by atoms with Crippen LogP contribution in [0, 0.1) is 11.3 Å². The first-order valence-corrected chi connectivity index (χ1v) is 4.12. The molecule has 0 aliphatic heterocycles. The molecule has 0 nitrogen and oxygen atoms in total. The highest BCUT2D eigenvalue weighted by Crippen LogP contribution is 2.48. The van der Waals surface area contributed by atoms with Gasteiger partial charge < -0.3 is 0 Å². The molecule has 0 spiro atoms. The first-order valence-electron chi connectivity index (χ1n) is 3.69. The van der Waals surface area contributed by atoms with Gasteiger partial charge in [0.1, 0.15) is 0 Å². The van der Waals surface area contributed by atoms with Gasteiger partial charge in [-0.05, 0) is 24.2 Å². The Morgan fingerprint density at radius 3 is 2.00 bits per heavy atom. The van der Waals surface area contributed by atoms with E-state index >= 15 is 0 Å². The van der Waals surface area contributed by atoms with E-state index in [1.165, 1.54) is 12.8 Å². The van der Waals surface area contributed by atoms with E-state index in [2.05, 4.69) is 20.8 Å². The third kappa shape index (κ3) is 1.24. The number of hydrogen-bond acceptors (Lipinski definition) is 0. The predicted octanol–water partition coefficient (Wildman–Crippen LogP) is 3.05. The monoisotopic (exact) mass is 146 g/mol. The van der Waals surface area contributed by atoms with Crippen molar-refractivity contribution in [3.05, 3.63) is 0 Å². The summed E-state index contributed by atoms with van der Waals surface area (Å²) in [5.41, 5.74) is 0.562. The lowest BCUT2D eigenvalue weighted by Crippen LogP contribution is -2.39. The molecule has 1 heteroatoms. The Hall–Kier alpha value is 0.290. The van der Waals surface area contributed by atoms with E-state index in [4.69, 9.17) is 11.6 Å². The normalized spacial score (nSPS) is 43.0. The second kappa shape index (κ2) is 2.16. The molecule has 0 amide bonds. The van der Waals surface area contributed by atoms with Crippen LogP contribution in [0.4, 0.5) is 0 Å². The lowest BCUT2D eigenvalue weighted by Gasteiger charge is -2.45. The number of rotatable bonds is 1. The number of alkyl halides is 1. The summed E-state index contributed by atoms with van der Waals surface area (Å²) in [5, 5.41) is 0.470. The summed E-state index contributed by atoms with van der Waals surface area (Å²) in [7, 11) is 0. The van der Waals surface area contributed by atoms with E-state index in [0.29, 0.717) is 10.8 Å². The summed E-state index contributed by atoms with van der Waals surface area (Å²) >= 11 is 5.88. The topological polar surface area (TPSA) is 0 Å². The van der Waals surface area contributed by atoms with Crippen LogP contribution < -0.4 is 0 Å². The Morgan fingerprint density at radius 1 is 1.44 bits per heavy atom. The van der Waals surface area contributed by atoms with Gasteiger partial charge in [-0.2, -0.15) is 0 Å². The minimum Gasteiger partial charge on any atom is -0.123 e. The fourth-order valence-corrected chi connectivity index (χ4v) is 2.13. The summed E-state index contributed by atoms with van der Waals surface area (Å²) in [5.74, 6) is 0.799. The van der Waals surface area contributed by atoms with Crippen molar-refractivity contribution in [3.63, 3.8) is 0 Å². The molecule has 0 aromatic carbocycles. The Bertz CT molecular complexity index is 101. The van der Waals surface area contributed by atoms with Gasteiger partial charge in [-0.3, -0.25) is 0 Å². The molecule has 1 aliphatic rings. The molecule has 0 saturated heterocycles. The average molecular weight is 147 g/mol. The van der Waals surface area contributed by atoms with Gasteiger partial charge in [0.2, 0.25) is 0 Å². The van der Waals surface area contributed by atoms with E-state index in [0.717, 1.165) is 5.92 Å². The molecule has 0 bridgehead atoms. The minimum absolute atomic E-state index is 0.470. The van der Waals surface area contributed by atoms with Crippen LogP contribution >= 0.6 is 11.6 Å². The third-order valence-electron chi connectivity index (χ3n) is 2.77. The highest BCUT2D eigenvalue weighted by molar-refractivity contribution is 6.21. The van der Waals surface area contributed by atoms with Crippen LogP contribution in [0.25, 0.3) is 0 Å². The van der Waals surface area contributed by atoms with Crippen LogP contribution in [0.5, 0.6) is 0 Å². The smallest absolute Gasteiger partial charge is 0.0346 e. The van der Waals surface area contributed by atoms with Gasteiger partial charge in [0.25, 0.3) is 0 Å². The number of halogens is 1. The fraction of sp³-hybridized carbons (Fsp3) is 1.00. The largest absolute Gasteiger partial charge is 0.123 e. The van der Waals surface area contributed by atoms with Crippen LogP contribution in [0.15, 0.2) is 0 Å². The number of hydrogen-bond donors (Lipinski definition) is 0. The molecular formula is C8H15Cl. The third-order valence-corrected chi connectivity index (χ3v) is 3.08. The highest BCUT2D eigenvalue weighted by atomic mass is 35.5. The van der Waals surface area contributed by atoms with Crippen molar-refractivity contribution in [1.29, 1.82) is 0 Å². The lowest BCUT2D eigenvalue weighted by atomic mass is 9.63. The van der Waals surface area contributed by atoms with Crippen LogP contribution in [-0.4, -0.2) is 5.38 Å². The maximum atomic E-state index is 5.88. The Morgan fingerprint density at radius 2 is 1.89 bits per heavy atom. The van der Waals surface area contributed by atoms with Crippen molar-refractivity contribution in [1.82, 2.24) is 0 Å². The molecule has 0 unspecified atom stereocenters. The Kier molecular flexibility index (Phi) is 1.77. The molecular weight excluding hydrogens is 132 g/mol. The van der Waals surface area contributed by atoms with E-state index < -0.39 is 0 Å². The zero-order valence-electron chi connectivity index (χ0n) is 6.45. The van der Waals surface area contributed by atoms with Crippen LogP contribution in [-0.2, 0) is 0 Å². The first-order chi connectivity index (χ1) is 4.04. The Balaban J connectivity index is 2.40. The molecule has 1 rings (SSSR count). The molecule has 0 N–H and O–H groups in total. The predicted molar refractivity (Wildman–Crippen MR) is 41.8 cm³/mol. The van der Waals surface area contributed by atoms with Gasteiger partial charge in [0, 0.05) is 5.38 Å². The van der Waals surface area contributed by atoms with E-state index in [9.17, 15) is 0 Å². The fourth-order valence-electron chi connectivity index (χ4n) is 1.42. The maximum Gasteiger partial charge on any atom is 0.0346 e. The molecule has 9 heavy (non-hydrogen) atoms. The zero-order valence-corrected chi connectivity index (χ0v) is 7.20. The van der Waals surface area contributed by atoms with Gasteiger partial charge in [-0.25, -0.2) is 0 Å². The second-order valence-corrected chi connectivity index (χ2v) is 4.43. The van der Waals surface area contributed by atoms with Crippen LogP contribution in [0.2, 0.25) is 0 Å². The van der Waals surface area contributed by atoms with Gasteiger partial charge in [0.05, 0.1) is 0 Å². The Labute approximate surface area is 62.6 Å². The molecule has 0 heterocycles. The molecule has 1 aliphatic carbocycles. The van der Waals surface area contributed by atoms with Crippen molar-refractivity contribution < 1.29 is 0 Å². The van der Waals surface area contributed by atoms with Gasteiger partial charge in [-0.1, -0.05) is 20.8 Å². The summed E-state index contributed by atoms with van der Waals surface area (Å²) in [6, 6.07) is 0. The molecule has 1 saturated carbocycles. The summed E-state index contributed by atoms with van der Waals surface area (Å²) in [4.78, 5) is 0. The quantitative estimate of drug-likeness (QED) is 0.499. The van der Waals surface area contributed by atoms with Crippen LogP contribution in [0.1, 0.15) is 33.6 Å². The van der Waals surface area contributed by atoms with Gasteiger partial charge in [0.15, 0.2) is 0 Å². The maximum absolute atomic E-state index is 5.88. The van der Waals surface area contributed by atoms with Crippen molar-refractivity contribution in [2.75, 3.05) is 0 Å². The van der Waals surface area contributed by atoms with E-state index in [1.54, 1.807) is 0 Å². The molecule has 1 fully saturated rings. The van der Waals surface area contributed by atoms with Crippen LogP contribution in [0.3, 0.4) is 0 Å². The zero-order chi connectivity index (χ0) is 7.07. The van der Waals surface area contributed by atoms with E-state index in [-0.39, 0.29) is 0 Å². The minimum atomic E-state index is 0.470. The molecule has 54 valence electrons. The standard InChI is InChI=1S/C8H15Cl/c1-6(2)8(3)4-7(9)5-8/h6-7H,4-5H2,1-3H3. The summed E-state index contributed by atoms with van der Waals surface area (Å²) < 4.78 is 0. The van der Waals surface area contributed by atoms with Crippen molar-refractivity contribution in [2.45, 2.75) is 39.0 Å². The lowest BCUT2D eigenvalue weighted by molar-refractivity contribution is 0.0986. The average Bonchev–Trinajstić information content (AvgIpc) is 1.62. The summed E-state index contributed by atoms with van der Waals surface area (Å²) in [6.07, 6.45) is 2.43. The second-order valence-electron chi connectivity index (χ2n) is 3.81. The first kappa shape index (κ1) is 7.40. The van der Waals surface area contributed by atoms with Gasteiger partial charge in [-0.15, -0.1) is 11.6 Å². The van der Waals surface area contributed by atoms with Crippen molar-refractivity contribution in [2.24, 2.45) is 11.3 Å². The molecule has 0 radical (unpaired) electrons.